The van der Waals surface area contributed by atoms with E-state index in [9.17, 15) is 9.59 Å². The molecule has 0 heterocycles. The van der Waals surface area contributed by atoms with Crippen molar-refractivity contribution in [3.63, 3.8) is 0 Å². The number of hydrogen-bond acceptors (Lipinski definition) is 7. The van der Waals surface area contributed by atoms with Gasteiger partial charge in [-0.15, -0.1) is 0 Å². The molecule has 0 fully saturated rings. The highest BCUT2D eigenvalue weighted by Gasteiger charge is 2.38. The van der Waals surface area contributed by atoms with Gasteiger partial charge in [-0.3, -0.25) is 0 Å². The van der Waals surface area contributed by atoms with Crippen LogP contribution in [-0.4, -0.2) is 59.1 Å². The lowest BCUT2D eigenvalue weighted by atomic mass is 9.78. The number of carbonyl (C=O) groups excluding carboxylic acids is 2. The predicted molar refractivity (Wildman–Crippen MR) is 154 cm³/mol. The summed E-state index contributed by atoms with van der Waals surface area (Å²) in [6.45, 7) is 26.3. The van der Waals surface area contributed by atoms with Crippen molar-refractivity contribution in [3.05, 3.63) is 28.8 Å². The molecule has 0 saturated heterocycles. The largest absolute Gasteiger partial charge is 0.513 e. The first-order valence-electron chi connectivity index (χ1n) is 13.4. The summed E-state index contributed by atoms with van der Waals surface area (Å²) in [7, 11) is -1.85. The molecule has 8 nitrogen and oxygen atoms in total. The van der Waals surface area contributed by atoms with Crippen LogP contribution in [0, 0.1) is 13.8 Å². The molecule has 0 aliphatic heterocycles. The Balaban J connectivity index is 2.64. The van der Waals surface area contributed by atoms with Gasteiger partial charge in [0.2, 0.25) is 0 Å². The molecular formula is C29H51NO7Si. The van der Waals surface area contributed by atoms with E-state index in [0.29, 0.717) is 18.9 Å². The highest BCUT2D eigenvalue weighted by Crippen LogP contribution is 2.40. The summed E-state index contributed by atoms with van der Waals surface area (Å²) in [5, 5.41) is 2.75. The van der Waals surface area contributed by atoms with Gasteiger partial charge >= 0.3 is 12.2 Å². The summed E-state index contributed by atoms with van der Waals surface area (Å²) in [5.41, 5.74) is 2.21. The van der Waals surface area contributed by atoms with Crippen LogP contribution in [0.3, 0.4) is 0 Å². The van der Waals surface area contributed by atoms with E-state index in [-0.39, 0.29) is 30.3 Å². The van der Waals surface area contributed by atoms with Crippen LogP contribution in [0.25, 0.3) is 0 Å². The van der Waals surface area contributed by atoms with Gasteiger partial charge in [0.25, 0.3) is 0 Å². The zero-order valence-electron chi connectivity index (χ0n) is 25.8. The van der Waals surface area contributed by atoms with Gasteiger partial charge in [0, 0.05) is 18.7 Å². The topological polar surface area (TPSA) is 92.3 Å². The van der Waals surface area contributed by atoms with Gasteiger partial charge in [-0.05, 0) is 81.8 Å². The van der Waals surface area contributed by atoms with Crippen LogP contribution in [-0.2, 0) is 24.1 Å². The Bertz CT molecular complexity index is 930. The second kappa shape index (κ2) is 13.8. The number of alkyl carbamates (subject to hydrolysis) is 1. The fourth-order valence-corrected chi connectivity index (χ4v) is 4.77. The second-order valence-electron chi connectivity index (χ2n) is 12.9. The van der Waals surface area contributed by atoms with Gasteiger partial charge in [-0.2, -0.15) is 0 Å². The summed E-state index contributed by atoms with van der Waals surface area (Å²) in [6, 6.07) is 3.97. The van der Waals surface area contributed by atoms with Gasteiger partial charge in [0.15, 0.2) is 8.32 Å². The summed E-state index contributed by atoms with van der Waals surface area (Å²) in [6.07, 6.45) is -0.486. The van der Waals surface area contributed by atoms with E-state index >= 15 is 0 Å². The highest BCUT2D eigenvalue weighted by molar-refractivity contribution is 6.74. The zero-order chi connectivity index (χ0) is 29.4. The summed E-state index contributed by atoms with van der Waals surface area (Å²) in [4.78, 5) is 24.1. The van der Waals surface area contributed by atoms with Crippen molar-refractivity contribution >= 4 is 20.6 Å². The van der Waals surface area contributed by atoms with Crippen LogP contribution in [0.5, 0.6) is 5.75 Å². The smallest absolute Gasteiger partial charge is 0.444 e. The number of aryl methyl sites for hydroxylation is 2. The number of carbonyl (C=O) groups is 2. The lowest BCUT2D eigenvalue weighted by Gasteiger charge is -2.37. The number of hydrogen-bond donors (Lipinski definition) is 1. The van der Waals surface area contributed by atoms with E-state index in [1.807, 2.05) is 19.9 Å². The maximum absolute atomic E-state index is 12.5. The molecule has 0 aromatic heterocycles. The van der Waals surface area contributed by atoms with Crippen molar-refractivity contribution in [1.82, 2.24) is 5.32 Å². The molecule has 0 unspecified atom stereocenters. The lowest BCUT2D eigenvalue weighted by Crippen LogP contribution is -2.41. The van der Waals surface area contributed by atoms with Crippen LogP contribution < -0.4 is 10.1 Å². The highest BCUT2D eigenvalue weighted by atomic mass is 28.4. The fraction of sp³-hybridized carbons (Fsp3) is 0.724. The van der Waals surface area contributed by atoms with E-state index in [1.165, 1.54) is 0 Å². The molecule has 38 heavy (non-hydrogen) atoms. The third-order valence-electron chi connectivity index (χ3n) is 6.67. The monoisotopic (exact) mass is 553 g/mol. The molecule has 218 valence electrons. The van der Waals surface area contributed by atoms with Crippen LogP contribution in [0.2, 0.25) is 18.1 Å². The van der Waals surface area contributed by atoms with Crippen molar-refractivity contribution in [3.8, 4) is 5.75 Å². The van der Waals surface area contributed by atoms with Crippen LogP contribution in [0.1, 0.15) is 78.5 Å². The molecular weight excluding hydrogens is 502 g/mol. The van der Waals surface area contributed by atoms with E-state index in [1.54, 1.807) is 20.8 Å². The molecule has 0 spiro atoms. The maximum Gasteiger partial charge on any atom is 0.513 e. The Kier molecular flexibility index (Phi) is 12.3. The molecule has 0 atom stereocenters. The molecule has 1 aromatic rings. The van der Waals surface area contributed by atoms with Gasteiger partial charge in [0.1, 0.15) is 18.0 Å². The van der Waals surface area contributed by atoms with Crippen molar-refractivity contribution < 1.29 is 33.0 Å². The van der Waals surface area contributed by atoms with Gasteiger partial charge in [0.05, 0.1) is 13.2 Å². The second-order valence-corrected chi connectivity index (χ2v) is 17.7. The van der Waals surface area contributed by atoms with E-state index in [0.717, 1.165) is 23.1 Å². The molecule has 1 amide bonds. The minimum atomic E-state index is -1.85. The third kappa shape index (κ3) is 11.7. The molecule has 0 saturated carbocycles. The first-order chi connectivity index (χ1) is 17.2. The van der Waals surface area contributed by atoms with Crippen LogP contribution in [0.15, 0.2) is 12.1 Å². The van der Waals surface area contributed by atoms with Crippen molar-refractivity contribution in [2.24, 2.45) is 0 Å². The minimum absolute atomic E-state index is 0.0369. The Morgan fingerprint density at radius 3 is 2.11 bits per heavy atom. The maximum atomic E-state index is 12.5. The first kappa shape index (κ1) is 33.9. The van der Waals surface area contributed by atoms with Crippen molar-refractivity contribution in [2.45, 2.75) is 105 Å². The molecule has 0 aliphatic carbocycles. The molecule has 0 bridgehead atoms. The number of nitrogens with one attached hydrogen (secondary N) is 1. The molecule has 1 rings (SSSR count). The minimum Gasteiger partial charge on any atom is -0.444 e. The molecule has 1 N–H and O–H groups in total. The molecule has 0 aliphatic rings. The fourth-order valence-electron chi connectivity index (χ4n) is 3.72. The summed E-state index contributed by atoms with van der Waals surface area (Å²) >= 11 is 0. The Hall–Kier alpha value is -2.10. The average Bonchev–Trinajstić information content (AvgIpc) is 2.69. The average molecular weight is 554 g/mol. The zero-order valence-corrected chi connectivity index (χ0v) is 26.8. The van der Waals surface area contributed by atoms with Crippen LogP contribution >= 0.6 is 0 Å². The lowest BCUT2D eigenvalue weighted by molar-refractivity contribution is 0.0432. The van der Waals surface area contributed by atoms with Gasteiger partial charge < -0.3 is 28.7 Å². The Labute approximate surface area is 231 Å². The predicted octanol–water partition coefficient (Wildman–Crippen LogP) is 7.05. The number of amides is 1. The van der Waals surface area contributed by atoms with Gasteiger partial charge in [-0.25, -0.2) is 9.59 Å². The summed E-state index contributed by atoms with van der Waals surface area (Å²) < 4.78 is 27.9. The Morgan fingerprint density at radius 1 is 0.895 bits per heavy atom. The van der Waals surface area contributed by atoms with E-state index in [4.69, 9.17) is 23.4 Å². The number of rotatable bonds is 12. The normalized spacial score (nSPS) is 12.7. The van der Waals surface area contributed by atoms with Gasteiger partial charge in [-0.1, -0.05) is 40.7 Å². The quantitative estimate of drug-likeness (QED) is 0.128. The first-order valence-corrected chi connectivity index (χ1v) is 16.3. The Morgan fingerprint density at radius 2 is 1.53 bits per heavy atom. The number of benzene rings is 1. The molecule has 9 heteroatoms. The standard InChI is InChI=1S/C29H51NO7Si/c1-21-19-22(2)24(29(9,10)13-15-35-38(11,12)28(6,7)8)23(20-21)36-26(32)34-18-17-33-16-14-30-25(31)37-27(3,4)5/h19-20H,13-18H2,1-12H3,(H,30,31). The molecule has 1 aromatic carbocycles. The SMILES string of the molecule is Cc1cc(C)c(C(C)(C)CCO[Si](C)(C)C(C)(C)C)c(OC(=O)OCCOCCNC(=O)OC(C)(C)C)c1. The van der Waals surface area contributed by atoms with Crippen LogP contribution in [0.4, 0.5) is 9.59 Å². The molecule has 0 radical (unpaired) electrons. The number of ether oxygens (including phenoxy) is 4. The van der Waals surface area contributed by atoms with E-state index in [2.05, 4.69) is 59.1 Å². The third-order valence-corrected chi connectivity index (χ3v) is 11.2. The van der Waals surface area contributed by atoms with Crippen molar-refractivity contribution in [2.75, 3.05) is 33.0 Å². The van der Waals surface area contributed by atoms with E-state index < -0.39 is 26.2 Å². The summed E-state index contributed by atoms with van der Waals surface area (Å²) in [5.74, 6) is 0.507. The van der Waals surface area contributed by atoms with Crippen molar-refractivity contribution in [1.29, 1.82) is 0 Å².